The second-order valence-corrected chi connectivity index (χ2v) is 4.04. The SMILES string of the molecule is NCc1ccnc(Sc2ncn[nH]2)c1Cl. The van der Waals surface area contributed by atoms with E-state index in [0.717, 1.165) is 5.56 Å². The molecular formula is C8H8ClN5S. The van der Waals surface area contributed by atoms with E-state index in [1.807, 2.05) is 0 Å². The van der Waals surface area contributed by atoms with Crippen LogP contribution in [0.1, 0.15) is 5.56 Å². The van der Waals surface area contributed by atoms with Crippen LogP contribution in [0.4, 0.5) is 0 Å². The number of hydrogen-bond acceptors (Lipinski definition) is 5. The van der Waals surface area contributed by atoms with E-state index >= 15 is 0 Å². The molecule has 78 valence electrons. The van der Waals surface area contributed by atoms with E-state index in [9.17, 15) is 0 Å². The summed E-state index contributed by atoms with van der Waals surface area (Å²) in [7, 11) is 0. The molecule has 0 aliphatic carbocycles. The Labute approximate surface area is 95.5 Å². The van der Waals surface area contributed by atoms with Gasteiger partial charge in [0.1, 0.15) is 11.4 Å². The van der Waals surface area contributed by atoms with Gasteiger partial charge in [0.25, 0.3) is 0 Å². The number of H-pyrrole nitrogens is 1. The summed E-state index contributed by atoms with van der Waals surface area (Å²) in [4.78, 5) is 8.12. The third-order valence-corrected chi connectivity index (χ3v) is 3.17. The molecule has 0 amide bonds. The van der Waals surface area contributed by atoms with Crippen LogP contribution in [-0.2, 0) is 6.54 Å². The van der Waals surface area contributed by atoms with Crippen molar-refractivity contribution in [2.75, 3.05) is 0 Å². The van der Waals surface area contributed by atoms with Gasteiger partial charge in [0.05, 0.1) is 5.02 Å². The minimum absolute atomic E-state index is 0.394. The normalized spacial score (nSPS) is 10.5. The molecule has 0 bridgehead atoms. The van der Waals surface area contributed by atoms with E-state index < -0.39 is 0 Å². The van der Waals surface area contributed by atoms with E-state index in [-0.39, 0.29) is 0 Å². The van der Waals surface area contributed by atoms with Gasteiger partial charge in [0.15, 0.2) is 5.16 Å². The Balaban J connectivity index is 2.29. The lowest BCUT2D eigenvalue weighted by Gasteiger charge is -2.04. The molecule has 0 spiro atoms. The van der Waals surface area contributed by atoms with Crippen molar-refractivity contribution in [1.29, 1.82) is 0 Å². The molecule has 0 fully saturated rings. The van der Waals surface area contributed by atoms with Gasteiger partial charge in [-0.05, 0) is 23.4 Å². The minimum atomic E-state index is 0.394. The van der Waals surface area contributed by atoms with Crippen LogP contribution >= 0.6 is 23.4 Å². The van der Waals surface area contributed by atoms with Gasteiger partial charge in [-0.2, -0.15) is 5.10 Å². The number of rotatable bonds is 3. The molecule has 0 saturated heterocycles. The highest BCUT2D eigenvalue weighted by atomic mass is 35.5. The summed E-state index contributed by atoms with van der Waals surface area (Å²) in [5, 5.41) is 8.36. The highest BCUT2D eigenvalue weighted by Gasteiger charge is 2.09. The maximum absolute atomic E-state index is 6.10. The van der Waals surface area contributed by atoms with E-state index in [1.54, 1.807) is 12.3 Å². The van der Waals surface area contributed by atoms with Crippen molar-refractivity contribution in [3.05, 3.63) is 29.2 Å². The molecule has 0 aliphatic rings. The van der Waals surface area contributed by atoms with Crippen LogP contribution in [0.5, 0.6) is 0 Å². The van der Waals surface area contributed by atoms with Crippen molar-refractivity contribution in [3.8, 4) is 0 Å². The predicted octanol–water partition coefficient (Wildman–Crippen LogP) is 1.46. The lowest BCUT2D eigenvalue weighted by molar-refractivity contribution is 0.962. The lowest BCUT2D eigenvalue weighted by Crippen LogP contribution is -1.98. The summed E-state index contributed by atoms with van der Waals surface area (Å²) >= 11 is 7.42. The zero-order valence-electron chi connectivity index (χ0n) is 7.64. The summed E-state index contributed by atoms with van der Waals surface area (Å²) < 4.78 is 0. The zero-order chi connectivity index (χ0) is 10.7. The van der Waals surface area contributed by atoms with Gasteiger partial charge in [-0.1, -0.05) is 11.6 Å². The van der Waals surface area contributed by atoms with Crippen LogP contribution in [0.15, 0.2) is 28.8 Å². The molecule has 0 atom stereocenters. The number of hydrogen-bond donors (Lipinski definition) is 2. The largest absolute Gasteiger partial charge is 0.326 e. The number of aromatic nitrogens is 4. The summed E-state index contributed by atoms with van der Waals surface area (Å²) in [6.07, 6.45) is 3.11. The Hall–Kier alpha value is -1.11. The van der Waals surface area contributed by atoms with Crippen molar-refractivity contribution in [1.82, 2.24) is 20.2 Å². The van der Waals surface area contributed by atoms with Crippen molar-refractivity contribution in [2.45, 2.75) is 16.7 Å². The van der Waals surface area contributed by atoms with E-state index in [0.29, 0.717) is 21.7 Å². The topological polar surface area (TPSA) is 80.5 Å². The average Bonchev–Trinajstić information content (AvgIpc) is 2.74. The molecule has 2 aromatic rings. The molecule has 0 radical (unpaired) electrons. The number of halogens is 1. The van der Waals surface area contributed by atoms with Gasteiger partial charge in [-0.3, -0.25) is 5.10 Å². The van der Waals surface area contributed by atoms with Crippen molar-refractivity contribution in [3.63, 3.8) is 0 Å². The maximum Gasteiger partial charge on any atom is 0.189 e. The zero-order valence-corrected chi connectivity index (χ0v) is 9.22. The Morgan fingerprint density at radius 2 is 2.33 bits per heavy atom. The summed E-state index contributed by atoms with van der Waals surface area (Å²) in [6, 6.07) is 1.80. The fraction of sp³-hybridized carbons (Fsp3) is 0.125. The first-order valence-corrected chi connectivity index (χ1v) is 5.37. The fourth-order valence-electron chi connectivity index (χ4n) is 1.03. The average molecular weight is 242 g/mol. The van der Waals surface area contributed by atoms with Crippen LogP contribution < -0.4 is 5.73 Å². The molecule has 2 aromatic heterocycles. The van der Waals surface area contributed by atoms with Crippen molar-refractivity contribution < 1.29 is 0 Å². The van der Waals surface area contributed by atoms with Crippen LogP contribution in [0, 0.1) is 0 Å². The molecule has 2 heterocycles. The third kappa shape index (κ3) is 2.28. The van der Waals surface area contributed by atoms with Crippen LogP contribution in [0.3, 0.4) is 0 Å². The molecule has 0 saturated carbocycles. The molecule has 0 unspecified atom stereocenters. The number of nitrogens with one attached hydrogen (secondary N) is 1. The first-order chi connectivity index (χ1) is 7.31. The monoisotopic (exact) mass is 241 g/mol. The Kier molecular flexibility index (Phi) is 3.20. The minimum Gasteiger partial charge on any atom is -0.326 e. The van der Waals surface area contributed by atoms with Crippen LogP contribution in [0.2, 0.25) is 5.02 Å². The van der Waals surface area contributed by atoms with E-state index in [1.165, 1.54) is 18.1 Å². The van der Waals surface area contributed by atoms with Crippen molar-refractivity contribution in [2.24, 2.45) is 5.73 Å². The second-order valence-electron chi connectivity index (χ2n) is 2.69. The number of pyridine rings is 1. The molecule has 5 nitrogen and oxygen atoms in total. The molecule has 15 heavy (non-hydrogen) atoms. The molecular weight excluding hydrogens is 234 g/mol. The molecule has 0 aliphatic heterocycles. The first kappa shape index (κ1) is 10.4. The van der Waals surface area contributed by atoms with Crippen LogP contribution in [0.25, 0.3) is 0 Å². The number of nitrogens with two attached hydrogens (primary N) is 1. The molecule has 7 heteroatoms. The highest BCUT2D eigenvalue weighted by molar-refractivity contribution is 7.99. The predicted molar refractivity (Wildman–Crippen MR) is 57.6 cm³/mol. The molecule has 2 rings (SSSR count). The van der Waals surface area contributed by atoms with Gasteiger partial charge in [0.2, 0.25) is 0 Å². The number of aromatic amines is 1. The smallest absolute Gasteiger partial charge is 0.189 e. The van der Waals surface area contributed by atoms with Crippen molar-refractivity contribution >= 4 is 23.4 Å². The summed E-state index contributed by atoms with van der Waals surface area (Å²) in [6.45, 7) is 0.394. The van der Waals surface area contributed by atoms with Gasteiger partial charge < -0.3 is 5.73 Å². The Morgan fingerprint density at radius 3 is 3.00 bits per heavy atom. The van der Waals surface area contributed by atoms with E-state index in [4.69, 9.17) is 17.3 Å². The van der Waals surface area contributed by atoms with Gasteiger partial charge in [-0.15, -0.1) is 0 Å². The van der Waals surface area contributed by atoms with Crippen LogP contribution in [-0.4, -0.2) is 20.2 Å². The summed E-state index contributed by atoms with van der Waals surface area (Å²) in [5.74, 6) is 0. The standard InChI is InChI=1S/C8H8ClN5S/c9-6-5(3-10)1-2-11-7(6)15-8-12-4-13-14-8/h1-2,4H,3,10H2,(H,12,13,14). The number of nitrogens with zero attached hydrogens (tertiary/aromatic N) is 3. The van der Waals surface area contributed by atoms with Gasteiger partial charge in [-0.25, -0.2) is 9.97 Å². The van der Waals surface area contributed by atoms with Gasteiger partial charge >= 0.3 is 0 Å². The molecule has 0 aromatic carbocycles. The lowest BCUT2D eigenvalue weighted by atomic mass is 10.3. The van der Waals surface area contributed by atoms with Gasteiger partial charge in [0, 0.05) is 12.7 Å². The maximum atomic E-state index is 6.10. The third-order valence-electron chi connectivity index (χ3n) is 1.74. The molecule has 3 N–H and O–H groups in total. The summed E-state index contributed by atoms with van der Waals surface area (Å²) in [5.41, 5.74) is 6.40. The Bertz CT molecular complexity index is 444. The Morgan fingerprint density at radius 1 is 1.47 bits per heavy atom. The van der Waals surface area contributed by atoms with E-state index in [2.05, 4.69) is 20.2 Å². The quantitative estimate of drug-likeness (QED) is 0.851. The fourth-order valence-corrected chi connectivity index (χ4v) is 2.05. The first-order valence-electron chi connectivity index (χ1n) is 4.18. The highest BCUT2D eigenvalue weighted by Crippen LogP contribution is 2.30. The second kappa shape index (κ2) is 4.61.